The number of carboxylic acid groups (broad SMARTS) is 2. The third-order valence-electron chi connectivity index (χ3n) is 3.91. The van der Waals surface area contributed by atoms with Gasteiger partial charge in [0.2, 0.25) is 5.91 Å². The Balaban J connectivity index is 0.000000718. The van der Waals surface area contributed by atoms with Gasteiger partial charge in [-0.05, 0) is 36.4 Å². The van der Waals surface area contributed by atoms with E-state index < -0.39 is 45.7 Å². The fourth-order valence-electron chi connectivity index (χ4n) is 2.26. The summed E-state index contributed by atoms with van der Waals surface area (Å²) in [6, 6.07) is 12.9. The number of sulfone groups is 1. The van der Waals surface area contributed by atoms with Crippen molar-refractivity contribution in [3.8, 4) is 5.75 Å². The summed E-state index contributed by atoms with van der Waals surface area (Å²) >= 11 is 0. The van der Waals surface area contributed by atoms with E-state index in [2.05, 4.69) is 10.6 Å². The maximum absolute atomic E-state index is 12.4. The molecule has 0 heterocycles. The Bertz CT molecular complexity index is 1080. The highest BCUT2D eigenvalue weighted by molar-refractivity contribution is 7.91. The first-order valence-electron chi connectivity index (χ1n) is 9.24. The van der Waals surface area contributed by atoms with Crippen LogP contribution in [0, 0.1) is 0 Å². The molecule has 0 fully saturated rings. The summed E-state index contributed by atoms with van der Waals surface area (Å²) in [6.45, 7) is -0.184. The molecule has 10 nitrogen and oxygen atoms in total. The van der Waals surface area contributed by atoms with E-state index in [9.17, 15) is 36.3 Å². The second-order valence-corrected chi connectivity index (χ2v) is 8.47. The molecule has 0 aliphatic heterocycles. The number of hydrogen-bond acceptors (Lipinski definition) is 7. The smallest absolute Gasteiger partial charge is 0.490 e. The van der Waals surface area contributed by atoms with E-state index >= 15 is 0 Å². The monoisotopic (exact) mass is 506 g/mol. The van der Waals surface area contributed by atoms with Crippen LogP contribution in [0.5, 0.6) is 5.75 Å². The normalized spacial score (nSPS) is 11.9. The summed E-state index contributed by atoms with van der Waals surface area (Å²) in [5.41, 5.74) is 0.686. The molecule has 1 atom stereocenters. The van der Waals surface area contributed by atoms with Gasteiger partial charge in [0.25, 0.3) is 0 Å². The number of hydrogen-bond donors (Lipinski definition) is 4. The van der Waals surface area contributed by atoms with Gasteiger partial charge in [-0.3, -0.25) is 4.79 Å². The van der Waals surface area contributed by atoms with Crippen LogP contribution in [0.4, 0.5) is 18.9 Å². The van der Waals surface area contributed by atoms with Crippen LogP contribution in [0.2, 0.25) is 0 Å². The van der Waals surface area contributed by atoms with Crippen molar-refractivity contribution in [2.45, 2.75) is 17.1 Å². The van der Waals surface area contributed by atoms with Gasteiger partial charge in [0, 0.05) is 5.69 Å². The summed E-state index contributed by atoms with van der Waals surface area (Å²) in [6.07, 6.45) is -5.08. The molecule has 186 valence electrons. The molecule has 1 unspecified atom stereocenters. The predicted molar refractivity (Wildman–Crippen MR) is 113 cm³/mol. The molecule has 4 N–H and O–H groups in total. The van der Waals surface area contributed by atoms with Gasteiger partial charge < -0.3 is 25.6 Å². The topological polar surface area (TPSA) is 159 Å². The standard InChI is InChI=1S/C18H20N2O6S.C2HF3O2/c1-26-14-7-9-15(10-8-14)27(24,25)12-16(18(22)23)20-17(21)11-19-13-5-3-2-4-6-13;3-2(4,5)1(6)7/h2-10,16,19H,11-12H2,1H3,(H,20,21)(H,22,23);(H,6,7). The number of carbonyl (C=O) groups excluding carboxylic acids is 1. The molecule has 2 rings (SSSR count). The van der Waals surface area contributed by atoms with E-state index in [-0.39, 0.29) is 11.4 Å². The van der Waals surface area contributed by atoms with Gasteiger partial charge in [-0.25, -0.2) is 18.0 Å². The second-order valence-electron chi connectivity index (χ2n) is 6.44. The van der Waals surface area contributed by atoms with Gasteiger partial charge in [0.1, 0.15) is 11.8 Å². The van der Waals surface area contributed by atoms with Crippen LogP contribution in [0.1, 0.15) is 0 Å². The summed E-state index contributed by atoms with van der Waals surface area (Å²) < 4.78 is 61.6. The highest BCUT2D eigenvalue weighted by atomic mass is 32.2. The second kappa shape index (κ2) is 12.4. The van der Waals surface area contributed by atoms with E-state index in [1.807, 2.05) is 6.07 Å². The molecular weight excluding hydrogens is 485 g/mol. The molecule has 14 heteroatoms. The highest BCUT2D eigenvalue weighted by Gasteiger charge is 2.38. The van der Waals surface area contributed by atoms with Crippen molar-refractivity contribution in [1.29, 1.82) is 0 Å². The lowest BCUT2D eigenvalue weighted by molar-refractivity contribution is -0.192. The SMILES string of the molecule is COc1ccc(S(=O)(=O)CC(NC(=O)CNc2ccccc2)C(=O)O)cc1.O=C(O)C(F)(F)F. The summed E-state index contributed by atoms with van der Waals surface area (Å²) in [5.74, 6) is -5.10. The van der Waals surface area contributed by atoms with Crippen LogP contribution in [0.25, 0.3) is 0 Å². The fraction of sp³-hybridized carbons (Fsp3) is 0.250. The zero-order chi connectivity index (χ0) is 25.9. The lowest BCUT2D eigenvalue weighted by Gasteiger charge is -2.15. The Kier molecular flexibility index (Phi) is 10.3. The molecule has 0 aliphatic rings. The number of aliphatic carboxylic acids is 2. The maximum Gasteiger partial charge on any atom is 0.490 e. The van der Waals surface area contributed by atoms with E-state index in [0.29, 0.717) is 11.4 Å². The quantitative estimate of drug-likeness (QED) is 0.398. The first-order valence-corrected chi connectivity index (χ1v) is 10.9. The minimum Gasteiger partial charge on any atom is -0.497 e. The molecule has 0 saturated carbocycles. The number of benzene rings is 2. The van der Waals surface area contributed by atoms with Crippen molar-refractivity contribution in [2.75, 3.05) is 24.7 Å². The highest BCUT2D eigenvalue weighted by Crippen LogP contribution is 2.17. The van der Waals surface area contributed by atoms with Crippen LogP contribution >= 0.6 is 0 Å². The van der Waals surface area contributed by atoms with Gasteiger partial charge in [0.15, 0.2) is 9.84 Å². The van der Waals surface area contributed by atoms with Gasteiger partial charge in [-0.1, -0.05) is 18.2 Å². The van der Waals surface area contributed by atoms with Crippen molar-refractivity contribution in [3.05, 3.63) is 54.6 Å². The molecule has 0 spiro atoms. The van der Waals surface area contributed by atoms with Crippen LogP contribution < -0.4 is 15.4 Å². The first-order chi connectivity index (χ1) is 15.8. The van der Waals surface area contributed by atoms with E-state index in [1.54, 1.807) is 24.3 Å². The molecule has 2 aromatic carbocycles. The molecule has 1 amide bonds. The molecule has 2 aromatic rings. The van der Waals surface area contributed by atoms with Gasteiger partial charge in [-0.15, -0.1) is 0 Å². The van der Waals surface area contributed by atoms with E-state index in [0.717, 1.165) is 0 Å². The van der Waals surface area contributed by atoms with Gasteiger partial charge in [0.05, 0.1) is 24.3 Å². The zero-order valence-electron chi connectivity index (χ0n) is 17.6. The number of ether oxygens (including phenoxy) is 1. The van der Waals surface area contributed by atoms with Crippen molar-refractivity contribution in [3.63, 3.8) is 0 Å². The largest absolute Gasteiger partial charge is 0.497 e. The average molecular weight is 506 g/mol. The third-order valence-corrected chi connectivity index (χ3v) is 5.67. The Hall–Kier alpha value is -3.81. The maximum atomic E-state index is 12.4. The number of carbonyl (C=O) groups is 3. The van der Waals surface area contributed by atoms with Gasteiger partial charge >= 0.3 is 18.1 Å². The number of para-hydroxylation sites is 1. The van der Waals surface area contributed by atoms with Crippen LogP contribution in [0.3, 0.4) is 0 Å². The fourth-order valence-corrected chi connectivity index (χ4v) is 3.67. The third kappa shape index (κ3) is 9.77. The van der Waals surface area contributed by atoms with Crippen molar-refractivity contribution in [1.82, 2.24) is 5.32 Å². The molecule has 0 saturated heterocycles. The molecule has 0 aliphatic carbocycles. The summed E-state index contributed by atoms with van der Waals surface area (Å²) in [4.78, 5) is 32.2. The molecule has 0 radical (unpaired) electrons. The summed E-state index contributed by atoms with van der Waals surface area (Å²) in [7, 11) is -2.47. The van der Waals surface area contributed by atoms with Crippen molar-refractivity contribution < 1.29 is 50.9 Å². The number of rotatable bonds is 9. The number of anilines is 1. The van der Waals surface area contributed by atoms with E-state index in [1.165, 1.54) is 31.4 Å². The molecule has 34 heavy (non-hydrogen) atoms. The first kappa shape index (κ1) is 28.2. The minimum absolute atomic E-state index is 0.0498. The number of nitrogens with one attached hydrogen (secondary N) is 2. The number of amides is 1. The van der Waals surface area contributed by atoms with Crippen LogP contribution in [-0.4, -0.2) is 68.1 Å². The van der Waals surface area contributed by atoms with Crippen LogP contribution in [0.15, 0.2) is 59.5 Å². The number of alkyl halides is 3. The van der Waals surface area contributed by atoms with E-state index in [4.69, 9.17) is 14.6 Å². The van der Waals surface area contributed by atoms with Crippen molar-refractivity contribution >= 4 is 33.4 Å². The van der Waals surface area contributed by atoms with Crippen LogP contribution in [-0.2, 0) is 24.2 Å². The van der Waals surface area contributed by atoms with Crippen molar-refractivity contribution in [2.24, 2.45) is 0 Å². The minimum atomic E-state index is -5.08. The predicted octanol–water partition coefficient (Wildman–Crippen LogP) is 1.78. The molecule has 0 bridgehead atoms. The Morgan fingerprint density at radius 1 is 1.00 bits per heavy atom. The molecular formula is C20H21F3N2O8S. The number of methoxy groups -OCH3 is 1. The van der Waals surface area contributed by atoms with Gasteiger partial charge in [-0.2, -0.15) is 13.2 Å². The number of halogens is 3. The summed E-state index contributed by atoms with van der Waals surface area (Å²) in [5, 5.41) is 21.5. The Labute approximate surface area is 192 Å². The average Bonchev–Trinajstić information content (AvgIpc) is 2.77. The zero-order valence-corrected chi connectivity index (χ0v) is 18.4. The Morgan fingerprint density at radius 3 is 1.97 bits per heavy atom. The molecule has 0 aromatic heterocycles. The Morgan fingerprint density at radius 2 is 1.53 bits per heavy atom. The lowest BCUT2D eigenvalue weighted by Crippen LogP contribution is -2.47. The lowest BCUT2D eigenvalue weighted by atomic mass is 10.3. The number of carboxylic acids is 2.